The number of benzene rings is 1. The monoisotopic (exact) mass is 600 g/mol. The third-order valence-electron chi connectivity index (χ3n) is 7.45. The molecule has 10 nitrogen and oxygen atoms in total. The number of aliphatic hydroxyl groups excluding tert-OH is 1. The lowest BCUT2D eigenvalue weighted by Crippen LogP contribution is -2.36. The van der Waals surface area contributed by atoms with Crippen molar-refractivity contribution in [3.05, 3.63) is 73.8 Å². The summed E-state index contributed by atoms with van der Waals surface area (Å²) in [4.78, 5) is 40.3. The maximum absolute atomic E-state index is 13.4. The fourth-order valence-corrected chi connectivity index (χ4v) is 6.17. The van der Waals surface area contributed by atoms with E-state index >= 15 is 0 Å². The van der Waals surface area contributed by atoms with Crippen LogP contribution in [0.1, 0.15) is 40.9 Å². The number of aliphatic hydroxyl groups is 1. The van der Waals surface area contributed by atoms with E-state index in [0.717, 1.165) is 25.7 Å². The van der Waals surface area contributed by atoms with Gasteiger partial charge in [-0.2, -0.15) is 0 Å². The molecule has 3 heterocycles. The van der Waals surface area contributed by atoms with Crippen LogP contribution in [0.2, 0.25) is 4.34 Å². The number of nitrogens with zero attached hydrogens (tertiary/aromatic N) is 2. The summed E-state index contributed by atoms with van der Waals surface area (Å²) in [6, 6.07) is 12.5. The highest BCUT2D eigenvalue weighted by Gasteiger charge is 2.33. The molecule has 1 saturated heterocycles. The van der Waals surface area contributed by atoms with Gasteiger partial charge in [0.25, 0.3) is 11.5 Å². The number of carbonyl (C=O) groups is 2. The third-order valence-corrected chi connectivity index (χ3v) is 8.68. The molecule has 1 aliphatic heterocycles. The van der Waals surface area contributed by atoms with Crippen molar-refractivity contribution in [3.63, 3.8) is 0 Å². The minimum atomic E-state index is -0.530. The number of hydrogen-bond acceptors (Lipinski definition) is 8. The molecule has 3 aromatic rings. The van der Waals surface area contributed by atoms with Crippen molar-refractivity contribution in [1.82, 2.24) is 15.2 Å². The van der Waals surface area contributed by atoms with Crippen molar-refractivity contribution in [2.24, 2.45) is 0 Å². The molecule has 2 fully saturated rings. The van der Waals surface area contributed by atoms with Gasteiger partial charge in [-0.15, -0.1) is 11.3 Å². The fraction of sp³-hybridized carbons (Fsp3) is 0.414. The van der Waals surface area contributed by atoms with Gasteiger partial charge >= 0.3 is 6.09 Å². The quantitative estimate of drug-likeness (QED) is 0.324. The zero-order chi connectivity index (χ0) is 28.9. The van der Waals surface area contributed by atoms with Crippen LogP contribution in [-0.2, 0) is 11.2 Å². The second kappa shape index (κ2) is 13.1. The molecule has 0 bridgehead atoms. The Morgan fingerprint density at radius 1 is 1.17 bits per heavy atom. The van der Waals surface area contributed by atoms with E-state index in [1.807, 2.05) is 12.1 Å². The van der Waals surface area contributed by atoms with Crippen molar-refractivity contribution in [2.45, 2.75) is 50.4 Å². The zero-order valence-electron chi connectivity index (χ0n) is 22.7. The Labute approximate surface area is 246 Å². The molecule has 1 unspecified atom stereocenters. The van der Waals surface area contributed by atoms with Gasteiger partial charge in [-0.05, 0) is 69.0 Å². The van der Waals surface area contributed by atoms with Crippen LogP contribution < -0.4 is 25.8 Å². The molecule has 1 aromatic carbocycles. The lowest BCUT2D eigenvalue weighted by molar-refractivity contribution is 0.0920. The fourth-order valence-electron chi connectivity index (χ4n) is 5.21. The standard InChI is InChI=1S/C29H33ClN4O6S/c1-39-24-15-20(34-17-22(40-29(34)38)16-32-27(36)25-10-11-26(30)41-25)6-9-23(24)33-14-2-3-18(28(33)37)12-13-31-19-4-7-21(35)8-5-19/h2-3,6,9-11,14-15,19,21-22,31,35H,4-5,7-8,12-13,16-17H2,1H3,(H,32,36). The SMILES string of the molecule is COc1cc(N2CC(CNC(=O)c3ccc(Cl)s3)OC2=O)ccc1-n1cccc(CCNC2CCC(O)CC2)c1=O. The number of thiophene rings is 1. The first kappa shape index (κ1) is 29.1. The van der Waals surface area contributed by atoms with Crippen molar-refractivity contribution in [2.75, 3.05) is 31.6 Å². The largest absolute Gasteiger partial charge is 0.494 e. The molecule has 1 aliphatic carbocycles. The average Bonchev–Trinajstić information content (AvgIpc) is 3.58. The maximum Gasteiger partial charge on any atom is 0.414 e. The van der Waals surface area contributed by atoms with E-state index in [2.05, 4.69) is 10.6 Å². The zero-order valence-corrected chi connectivity index (χ0v) is 24.2. The van der Waals surface area contributed by atoms with Gasteiger partial charge < -0.3 is 25.2 Å². The average molecular weight is 601 g/mol. The molecule has 12 heteroatoms. The van der Waals surface area contributed by atoms with Gasteiger partial charge in [0.05, 0.1) is 46.9 Å². The number of ether oxygens (including phenoxy) is 2. The van der Waals surface area contributed by atoms with Crippen LogP contribution in [0.4, 0.5) is 10.5 Å². The van der Waals surface area contributed by atoms with E-state index in [1.54, 1.807) is 41.1 Å². The molecule has 2 aromatic heterocycles. The molecule has 1 saturated carbocycles. The molecule has 0 radical (unpaired) electrons. The summed E-state index contributed by atoms with van der Waals surface area (Å²) in [6.45, 7) is 1.08. The molecule has 41 heavy (non-hydrogen) atoms. The van der Waals surface area contributed by atoms with E-state index in [9.17, 15) is 19.5 Å². The summed E-state index contributed by atoms with van der Waals surface area (Å²) >= 11 is 7.08. The number of rotatable bonds is 10. The number of cyclic esters (lactones) is 1. The Morgan fingerprint density at radius 2 is 1.98 bits per heavy atom. The van der Waals surface area contributed by atoms with Gasteiger partial charge in [0.2, 0.25) is 0 Å². The van der Waals surface area contributed by atoms with Crippen LogP contribution in [-0.4, -0.2) is 66.7 Å². The summed E-state index contributed by atoms with van der Waals surface area (Å²) in [7, 11) is 1.51. The van der Waals surface area contributed by atoms with E-state index in [4.69, 9.17) is 21.1 Å². The second-order valence-corrected chi connectivity index (χ2v) is 11.9. The number of aromatic nitrogens is 1. The lowest BCUT2D eigenvalue weighted by atomic mass is 9.93. The van der Waals surface area contributed by atoms with E-state index in [0.29, 0.717) is 50.9 Å². The number of halogens is 1. The molecular weight excluding hydrogens is 568 g/mol. The summed E-state index contributed by atoms with van der Waals surface area (Å²) < 4.78 is 13.2. The lowest BCUT2D eigenvalue weighted by Gasteiger charge is -2.26. The molecule has 0 spiro atoms. The van der Waals surface area contributed by atoms with Crippen LogP contribution in [0, 0.1) is 0 Å². The van der Waals surface area contributed by atoms with Crippen molar-refractivity contribution >= 4 is 40.6 Å². The number of anilines is 1. The molecule has 2 amide bonds. The number of pyridine rings is 1. The molecule has 218 valence electrons. The van der Waals surface area contributed by atoms with Crippen LogP contribution in [0.3, 0.4) is 0 Å². The summed E-state index contributed by atoms with van der Waals surface area (Å²) in [5, 5.41) is 16.0. The Kier molecular flexibility index (Phi) is 9.29. The van der Waals surface area contributed by atoms with Crippen LogP contribution in [0.15, 0.2) is 53.5 Å². The molecular formula is C29H33ClN4O6S. The Morgan fingerprint density at radius 3 is 2.71 bits per heavy atom. The Hall–Kier alpha value is -3.38. The number of amides is 2. The van der Waals surface area contributed by atoms with Crippen LogP contribution in [0.25, 0.3) is 5.69 Å². The van der Waals surface area contributed by atoms with E-state index in [-0.39, 0.29) is 30.7 Å². The smallest absolute Gasteiger partial charge is 0.414 e. The molecule has 5 rings (SSSR count). The molecule has 2 aliphatic rings. The highest BCUT2D eigenvalue weighted by Crippen LogP contribution is 2.30. The summed E-state index contributed by atoms with van der Waals surface area (Å²) in [6.07, 6.45) is 4.52. The van der Waals surface area contributed by atoms with Gasteiger partial charge in [-0.1, -0.05) is 17.7 Å². The highest BCUT2D eigenvalue weighted by atomic mass is 35.5. The predicted octanol–water partition coefficient (Wildman–Crippen LogP) is 3.75. The van der Waals surface area contributed by atoms with Gasteiger partial charge in [-0.3, -0.25) is 19.1 Å². The second-order valence-electron chi connectivity index (χ2n) is 10.2. The normalized spacial score (nSPS) is 20.6. The van der Waals surface area contributed by atoms with Crippen molar-refractivity contribution < 1.29 is 24.2 Å². The van der Waals surface area contributed by atoms with Crippen molar-refractivity contribution in [1.29, 1.82) is 0 Å². The number of carbonyl (C=O) groups excluding carboxylic acids is 2. The first-order valence-electron chi connectivity index (χ1n) is 13.6. The molecule has 1 atom stereocenters. The van der Waals surface area contributed by atoms with E-state index in [1.165, 1.54) is 23.3 Å². The minimum Gasteiger partial charge on any atom is -0.494 e. The minimum absolute atomic E-state index is 0.136. The summed E-state index contributed by atoms with van der Waals surface area (Å²) in [5.41, 5.74) is 1.66. The van der Waals surface area contributed by atoms with Crippen molar-refractivity contribution in [3.8, 4) is 11.4 Å². The predicted molar refractivity (Wildman–Crippen MR) is 158 cm³/mol. The van der Waals surface area contributed by atoms with E-state index < -0.39 is 12.2 Å². The number of methoxy groups -OCH3 is 1. The van der Waals surface area contributed by atoms with Gasteiger partial charge in [0.1, 0.15) is 11.9 Å². The number of hydrogen-bond donors (Lipinski definition) is 3. The third kappa shape index (κ3) is 6.92. The highest BCUT2D eigenvalue weighted by molar-refractivity contribution is 7.18. The maximum atomic E-state index is 13.4. The first-order chi connectivity index (χ1) is 19.8. The number of nitrogens with one attached hydrogen (secondary N) is 2. The van der Waals surface area contributed by atoms with Crippen LogP contribution in [0.5, 0.6) is 5.75 Å². The Balaban J connectivity index is 1.23. The molecule has 3 N–H and O–H groups in total. The summed E-state index contributed by atoms with van der Waals surface area (Å²) in [5.74, 6) is 0.152. The topological polar surface area (TPSA) is 122 Å². The van der Waals surface area contributed by atoms with Gasteiger partial charge in [0.15, 0.2) is 0 Å². The van der Waals surface area contributed by atoms with Crippen LogP contribution >= 0.6 is 22.9 Å². The Bertz CT molecular complexity index is 1450. The van der Waals surface area contributed by atoms with Gasteiger partial charge in [0, 0.05) is 23.9 Å². The first-order valence-corrected chi connectivity index (χ1v) is 14.8. The van der Waals surface area contributed by atoms with Gasteiger partial charge in [-0.25, -0.2) is 4.79 Å².